The molecule has 0 fully saturated rings. The molecule has 4 aromatic rings. The highest BCUT2D eigenvalue weighted by Crippen LogP contribution is 2.12. The predicted octanol–water partition coefficient (Wildman–Crippen LogP) is 1.32. The molecule has 0 amide bonds. The van der Waals surface area contributed by atoms with Crippen molar-refractivity contribution in [2.24, 2.45) is 0 Å². The maximum atomic E-state index is 4.21. The molecule has 4 rings (SSSR count). The summed E-state index contributed by atoms with van der Waals surface area (Å²) in [5, 5.41) is 19.2. The van der Waals surface area contributed by atoms with Crippen molar-refractivity contribution in [2.75, 3.05) is 5.32 Å². The molecule has 0 saturated carbocycles. The molecule has 0 spiro atoms. The number of anilines is 1. The molecule has 1 aromatic carbocycles. The van der Waals surface area contributed by atoms with Gasteiger partial charge in [-0.3, -0.25) is 0 Å². The summed E-state index contributed by atoms with van der Waals surface area (Å²) < 4.78 is 3.44. The Morgan fingerprint density at radius 1 is 1.00 bits per heavy atom. The van der Waals surface area contributed by atoms with E-state index in [4.69, 9.17) is 0 Å². The molecule has 0 radical (unpaired) electrons. The van der Waals surface area contributed by atoms with Gasteiger partial charge in [-0.1, -0.05) is 29.4 Å². The van der Waals surface area contributed by atoms with Crippen LogP contribution in [0.5, 0.6) is 0 Å². The Hall–Kier alpha value is -3.29. The third kappa shape index (κ3) is 2.16. The molecule has 108 valence electrons. The van der Waals surface area contributed by atoms with Crippen LogP contribution in [0.1, 0.15) is 5.69 Å². The smallest absolute Gasteiger partial charge is 0.248 e. The van der Waals surface area contributed by atoms with E-state index in [-0.39, 0.29) is 0 Å². The van der Waals surface area contributed by atoms with Crippen molar-refractivity contribution in [3.8, 4) is 5.69 Å². The molecule has 8 nitrogen and oxygen atoms in total. The minimum absolute atomic E-state index is 0.536. The van der Waals surface area contributed by atoms with Crippen molar-refractivity contribution in [1.82, 2.24) is 34.8 Å². The van der Waals surface area contributed by atoms with Gasteiger partial charge in [0.25, 0.3) is 0 Å². The number of hydrogen-bond acceptors (Lipinski definition) is 6. The Bertz CT molecular complexity index is 895. The average Bonchev–Trinajstić information content (AvgIpc) is 3.23. The lowest BCUT2D eigenvalue weighted by Crippen LogP contribution is -2.10. The van der Waals surface area contributed by atoms with E-state index >= 15 is 0 Å². The van der Waals surface area contributed by atoms with Gasteiger partial charge in [0.15, 0.2) is 5.65 Å². The van der Waals surface area contributed by atoms with Crippen LogP contribution in [-0.2, 0) is 6.54 Å². The van der Waals surface area contributed by atoms with Gasteiger partial charge in [-0.05, 0) is 34.7 Å². The summed E-state index contributed by atoms with van der Waals surface area (Å²) in [4.78, 5) is 4.17. The van der Waals surface area contributed by atoms with Gasteiger partial charge in [-0.15, -0.1) is 0 Å². The average molecular weight is 292 g/mol. The lowest BCUT2D eigenvalue weighted by atomic mass is 10.3. The molecular weight excluding hydrogens is 280 g/mol. The van der Waals surface area contributed by atoms with E-state index in [1.54, 1.807) is 9.20 Å². The van der Waals surface area contributed by atoms with Gasteiger partial charge in [0, 0.05) is 0 Å². The number of aromatic nitrogens is 7. The number of para-hydroxylation sites is 1. The fourth-order valence-electron chi connectivity index (χ4n) is 2.25. The summed E-state index contributed by atoms with van der Waals surface area (Å²) in [6.07, 6.45) is 1.53. The monoisotopic (exact) mass is 292 g/mol. The largest absolute Gasteiger partial charge is 0.347 e. The molecule has 1 N–H and O–H groups in total. The van der Waals surface area contributed by atoms with E-state index in [2.05, 4.69) is 30.9 Å². The van der Waals surface area contributed by atoms with Crippen LogP contribution in [0.25, 0.3) is 11.3 Å². The molecule has 0 aliphatic heterocycles. The number of hydrogen-bond donors (Lipinski definition) is 1. The fourth-order valence-corrected chi connectivity index (χ4v) is 2.25. The van der Waals surface area contributed by atoms with E-state index < -0.39 is 0 Å². The second kappa shape index (κ2) is 5.24. The third-order valence-corrected chi connectivity index (χ3v) is 3.28. The first-order valence-electron chi connectivity index (χ1n) is 6.77. The molecular formula is C14H12N8. The standard InChI is InChI=1S/C14H12N8/c1-2-5-11(6-3-1)22-14(18-19-20-22)15-9-12-7-4-8-13-16-10-17-21(12)13/h1-8,10H,9H2,(H,15,18,20). The van der Waals surface area contributed by atoms with Crippen molar-refractivity contribution in [3.63, 3.8) is 0 Å². The van der Waals surface area contributed by atoms with Crippen LogP contribution in [0.3, 0.4) is 0 Å². The summed E-state index contributed by atoms with van der Waals surface area (Å²) in [6, 6.07) is 15.6. The van der Waals surface area contributed by atoms with E-state index in [9.17, 15) is 0 Å². The van der Waals surface area contributed by atoms with E-state index in [1.165, 1.54) is 6.33 Å². The number of tetrazole rings is 1. The minimum Gasteiger partial charge on any atom is -0.347 e. The SMILES string of the molecule is c1ccc(-n2nnnc2NCc2cccc3ncnn23)cc1. The summed E-state index contributed by atoms with van der Waals surface area (Å²) in [6.45, 7) is 0.536. The highest BCUT2D eigenvalue weighted by Gasteiger charge is 2.08. The topological polar surface area (TPSA) is 85.8 Å². The van der Waals surface area contributed by atoms with E-state index in [0.717, 1.165) is 17.0 Å². The minimum atomic E-state index is 0.536. The first-order valence-corrected chi connectivity index (χ1v) is 6.77. The zero-order valence-electron chi connectivity index (χ0n) is 11.5. The van der Waals surface area contributed by atoms with Gasteiger partial charge in [-0.2, -0.15) is 9.78 Å². The number of benzene rings is 1. The first-order chi connectivity index (χ1) is 10.9. The van der Waals surface area contributed by atoms with Crippen LogP contribution >= 0.6 is 0 Å². The van der Waals surface area contributed by atoms with Crippen molar-refractivity contribution in [1.29, 1.82) is 0 Å². The number of nitrogens with zero attached hydrogens (tertiary/aromatic N) is 7. The highest BCUT2D eigenvalue weighted by atomic mass is 15.6. The Balaban J connectivity index is 1.61. The van der Waals surface area contributed by atoms with Crippen LogP contribution in [0.15, 0.2) is 54.9 Å². The first kappa shape index (κ1) is 12.5. The second-order valence-corrected chi connectivity index (χ2v) is 4.65. The van der Waals surface area contributed by atoms with Gasteiger partial charge in [-0.25, -0.2) is 9.50 Å². The summed E-state index contributed by atoms with van der Waals surface area (Å²) in [5.41, 5.74) is 2.67. The van der Waals surface area contributed by atoms with Crippen molar-refractivity contribution in [3.05, 3.63) is 60.6 Å². The molecule has 22 heavy (non-hydrogen) atoms. The van der Waals surface area contributed by atoms with E-state index in [0.29, 0.717) is 12.5 Å². The number of rotatable bonds is 4. The number of pyridine rings is 1. The molecule has 8 heteroatoms. The van der Waals surface area contributed by atoms with Crippen LogP contribution in [0.2, 0.25) is 0 Å². The number of fused-ring (bicyclic) bond motifs is 1. The Kier molecular flexibility index (Phi) is 2.97. The fraction of sp³-hybridized carbons (Fsp3) is 0.0714. The maximum absolute atomic E-state index is 4.21. The van der Waals surface area contributed by atoms with Crippen molar-refractivity contribution in [2.45, 2.75) is 6.54 Å². The van der Waals surface area contributed by atoms with Gasteiger partial charge in [0.1, 0.15) is 6.33 Å². The zero-order valence-corrected chi connectivity index (χ0v) is 11.5. The van der Waals surface area contributed by atoms with Gasteiger partial charge < -0.3 is 5.32 Å². The lowest BCUT2D eigenvalue weighted by molar-refractivity contribution is 0.787. The molecule has 0 saturated heterocycles. The van der Waals surface area contributed by atoms with Crippen LogP contribution in [0, 0.1) is 0 Å². The maximum Gasteiger partial charge on any atom is 0.248 e. The molecule has 0 aliphatic carbocycles. The second-order valence-electron chi connectivity index (χ2n) is 4.65. The zero-order chi connectivity index (χ0) is 14.8. The predicted molar refractivity (Wildman–Crippen MR) is 79.5 cm³/mol. The molecule has 0 atom stereocenters. The van der Waals surface area contributed by atoms with Gasteiger partial charge >= 0.3 is 0 Å². The summed E-state index contributed by atoms with van der Waals surface area (Å²) in [5.74, 6) is 0.573. The molecule has 3 aromatic heterocycles. The van der Waals surface area contributed by atoms with Crippen molar-refractivity contribution < 1.29 is 0 Å². The Morgan fingerprint density at radius 3 is 2.82 bits per heavy atom. The van der Waals surface area contributed by atoms with Crippen LogP contribution < -0.4 is 5.32 Å². The molecule has 0 bridgehead atoms. The lowest BCUT2D eigenvalue weighted by Gasteiger charge is -2.08. The Labute approximate surface area is 125 Å². The summed E-state index contributed by atoms with van der Waals surface area (Å²) in [7, 11) is 0. The number of nitrogens with one attached hydrogen (secondary N) is 1. The normalized spacial score (nSPS) is 10.9. The van der Waals surface area contributed by atoms with Crippen LogP contribution in [-0.4, -0.2) is 34.8 Å². The molecule has 0 unspecified atom stereocenters. The highest BCUT2D eigenvalue weighted by molar-refractivity contribution is 5.40. The van der Waals surface area contributed by atoms with Crippen molar-refractivity contribution >= 4 is 11.6 Å². The van der Waals surface area contributed by atoms with Gasteiger partial charge in [0.2, 0.25) is 5.95 Å². The molecule has 0 aliphatic rings. The quantitative estimate of drug-likeness (QED) is 0.610. The van der Waals surface area contributed by atoms with Crippen LogP contribution in [0.4, 0.5) is 5.95 Å². The summed E-state index contributed by atoms with van der Waals surface area (Å²) >= 11 is 0. The third-order valence-electron chi connectivity index (χ3n) is 3.28. The van der Waals surface area contributed by atoms with Gasteiger partial charge in [0.05, 0.1) is 17.9 Å². The molecule has 3 heterocycles. The van der Waals surface area contributed by atoms with E-state index in [1.807, 2.05) is 48.5 Å². The Morgan fingerprint density at radius 2 is 1.91 bits per heavy atom.